The number of nitrogens with one attached hydrogen (secondary N) is 2. The molecule has 208 valence electrons. The fourth-order valence-corrected chi connectivity index (χ4v) is 5.97. The lowest BCUT2D eigenvalue weighted by Gasteiger charge is -2.05. The third kappa shape index (κ3) is 4.80. The van der Waals surface area contributed by atoms with Gasteiger partial charge in [0.05, 0.1) is 29.4 Å². The molecule has 3 aromatic heterocycles. The first-order valence-corrected chi connectivity index (χ1v) is 14.4. The second-order valence-electron chi connectivity index (χ2n) is 10.8. The van der Waals surface area contributed by atoms with Crippen molar-refractivity contribution in [1.82, 2.24) is 19.9 Å². The fraction of sp³-hybridized carbons (Fsp3) is 0.382. The van der Waals surface area contributed by atoms with Gasteiger partial charge in [0.25, 0.3) is 0 Å². The smallest absolute Gasteiger partial charge is 0.306 e. The number of carbonyl (C=O) groups excluding carboxylic acids is 1. The Morgan fingerprint density at radius 3 is 1.75 bits per heavy atom. The molecule has 0 saturated heterocycles. The van der Waals surface area contributed by atoms with Gasteiger partial charge in [-0.05, 0) is 130 Å². The Morgan fingerprint density at radius 1 is 0.675 bits per heavy atom. The molecule has 5 heterocycles. The Bertz CT molecular complexity index is 1750. The summed E-state index contributed by atoms with van der Waals surface area (Å²) < 4.78 is 5.23. The Labute approximate surface area is 236 Å². The monoisotopic (exact) mass is 536 g/mol. The van der Waals surface area contributed by atoms with Crippen LogP contribution in [-0.2, 0) is 16.0 Å². The molecular formula is C34H40N4O2. The van der Waals surface area contributed by atoms with Crippen LogP contribution < -0.4 is 0 Å². The fourth-order valence-electron chi connectivity index (χ4n) is 5.97. The Balaban J connectivity index is 1.86. The highest BCUT2D eigenvalue weighted by Gasteiger charge is 2.20. The van der Waals surface area contributed by atoms with Crippen molar-refractivity contribution in [3.8, 4) is 0 Å². The number of allylic oxidation sites excluding steroid dienone is 4. The maximum atomic E-state index is 12.3. The predicted molar refractivity (Wildman–Crippen MR) is 166 cm³/mol. The Kier molecular flexibility index (Phi) is 7.54. The van der Waals surface area contributed by atoms with Crippen LogP contribution in [0.25, 0.3) is 44.4 Å². The van der Waals surface area contributed by atoms with Gasteiger partial charge in [-0.15, -0.1) is 0 Å². The van der Waals surface area contributed by atoms with Gasteiger partial charge in [-0.2, -0.15) is 0 Å². The molecule has 40 heavy (non-hydrogen) atoms. The van der Waals surface area contributed by atoms with Gasteiger partial charge in [0.2, 0.25) is 0 Å². The zero-order valence-corrected chi connectivity index (χ0v) is 25.1. The van der Waals surface area contributed by atoms with E-state index in [2.05, 4.69) is 82.7 Å². The second-order valence-corrected chi connectivity index (χ2v) is 10.8. The molecule has 2 aliphatic heterocycles. The maximum absolute atomic E-state index is 12.3. The molecule has 0 radical (unpaired) electrons. The number of H-pyrrole nitrogens is 2. The number of carbonyl (C=O) groups is 1. The van der Waals surface area contributed by atoms with Gasteiger partial charge in [-0.3, -0.25) is 4.79 Å². The first-order valence-electron chi connectivity index (χ1n) is 14.4. The zero-order valence-electron chi connectivity index (χ0n) is 25.1. The number of ether oxygens (including phenoxy) is 1. The quantitative estimate of drug-likeness (QED) is 0.310. The summed E-state index contributed by atoms with van der Waals surface area (Å²) in [6.45, 7) is 17.4. The van der Waals surface area contributed by atoms with Crippen molar-refractivity contribution < 1.29 is 9.53 Å². The lowest BCUT2D eigenvalue weighted by molar-refractivity contribution is -0.142. The van der Waals surface area contributed by atoms with Crippen LogP contribution in [0, 0.1) is 20.8 Å². The molecular weight excluding hydrogens is 496 g/mol. The van der Waals surface area contributed by atoms with E-state index in [0.29, 0.717) is 19.4 Å². The number of aromatic nitrogens is 4. The van der Waals surface area contributed by atoms with Crippen molar-refractivity contribution in [3.63, 3.8) is 0 Å². The highest BCUT2D eigenvalue weighted by Crippen LogP contribution is 2.36. The van der Waals surface area contributed by atoms with Crippen molar-refractivity contribution in [1.29, 1.82) is 0 Å². The van der Waals surface area contributed by atoms with Crippen LogP contribution in [0.15, 0.2) is 24.3 Å². The average Bonchev–Trinajstić information content (AvgIpc) is 3.57. The third-order valence-electron chi connectivity index (χ3n) is 8.58. The van der Waals surface area contributed by atoms with E-state index in [1.165, 1.54) is 33.4 Å². The molecule has 0 fully saturated rings. The molecule has 0 atom stereocenters. The average molecular weight is 537 g/mol. The van der Waals surface area contributed by atoms with E-state index < -0.39 is 0 Å². The van der Waals surface area contributed by atoms with Crippen molar-refractivity contribution in [2.24, 2.45) is 0 Å². The SMILES string of the molecule is CCOC(=O)CCC1=C(C)c2cc3[nH]c(cc4nc(cc5[nH]c(cc1n2)c(C)c5CC)C(CC)=C4C)c(C)c3C. The summed E-state index contributed by atoms with van der Waals surface area (Å²) >= 11 is 0. The van der Waals surface area contributed by atoms with Gasteiger partial charge in [0.1, 0.15) is 0 Å². The van der Waals surface area contributed by atoms with Gasteiger partial charge in [-0.1, -0.05) is 13.8 Å². The van der Waals surface area contributed by atoms with Crippen molar-refractivity contribution in [2.75, 3.05) is 6.61 Å². The van der Waals surface area contributed by atoms with Crippen LogP contribution in [0.3, 0.4) is 0 Å². The molecule has 0 saturated carbocycles. The summed E-state index contributed by atoms with van der Waals surface area (Å²) in [6, 6.07) is 8.67. The van der Waals surface area contributed by atoms with Gasteiger partial charge < -0.3 is 14.7 Å². The van der Waals surface area contributed by atoms with Gasteiger partial charge in [0.15, 0.2) is 0 Å². The normalized spacial score (nSPS) is 13.4. The predicted octanol–water partition coefficient (Wildman–Crippen LogP) is 8.42. The summed E-state index contributed by atoms with van der Waals surface area (Å²) in [4.78, 5) is 29.8. The largest absolute Gasteiger partial charge is 0.466 e. The molecule has 0 spiro atoms. The van der Waals surface area contributed by atoms with Gasteiger partial charge in [0, 0.05) is 28.5 Å². The minimum atomic E-state index is -0.182. The highest BCUT2D eigenvalue weighted by molar-refractivity contribution is 5.95. The zero-order chi connectivity index (χ0) is 28.7. The summed E-state index contributed by atoms with van der Waals surface area (Å²) in [5.74, 6) is -0.182. The minimum Gasteiger partial charge on any atom is -0.466 e. The number of aryl methyl sites for hydroxylation is 4. The number of hydrogen-bond donors (Lipinski definition) is 2. The molecule has 6 nitrogen and oxygen atoms in total. The van der Waals surface area contributed by atoms with Crippen LogP contribution in [0.4, 0.5) is 0 Å². The standard InChI is InChI=1S/C34H40N4O2/c1-9-23-20(6)28-14-26-18(4)19(5)27(35-26)15-29-22(8)25(12-13-34(39)40-11-3)33(38-29)16-30-21(7)24(10-2)32(37-30)17-31(23)36-28/h14-17,35,37H,9-13H2,1-8H3. The Hall–Kier alpha value is -3.93. The summed E-state index contributed by atoms with van der Waals surface area (Å²) in [7, 11) is 0. The van der Waals surface area contributed by atoms with E-state index in [9.17, 15) is 4.79 Å². The molecule has 5 rings (SSSR count). The van der Waals surface area contributed by atoms with Crippen LogP contribution in [0.2, 0.25) is 0 Å². The van der Waals surface area contributed by atoms with Crippen molar-refractivity contribution >= 4 is 50.3 Å². The maximum Gasteiger partial charge on any atom is 0.306 e. The Morgan fingerprint density at radius 2 is 1.18 bits per heavy atom. The third-order valence-corrected chi connectivity index (χ3v) is 8.58. The minimum absolute atomic E-state index is 0.182. The molecule has 2 aliphatic rings. The highest BCUT2D eigenvalue weighted by atomic mass is 16.5. The number of nitrogens with zero attached hydrogens (tertiary/aromatic N) is 2. The van der Waals surface area contributed by atoms with Crippen LogP contribution >= 0.6 is 0 Å². The molecule has 8 bridgehead atoms. The van der Waals surface area contributed by atoms with E-state index in [-0.39, 0.29) is 5.97 Å². The second kappa shape index (κ2) is 10.9. The lowest BCUT2D eigenvalue weighted by Crippen LogP contribution is -2.03. The van der Waals surface area contributed by atoms with E-state index in [0.717, 1.165) is 68.8 Å². The van der Waals surface area contributed by atoms with Crippen LogP contribution in [0.5, 0.6) is 0 Å². The van der Waals surface area contributed by atoms with Crippen molar-refractivity contribution in [2.45, 2.75) is 81.1 Å². The number of fused-ring (bicyclic) bond motifs is 8. The molecule has 3 aromatic rings. The number of hydrogen-bond acceptors (Lipinski definition) is 4. The summed E-state index contributed by atoms with van der Waals surface area (Å²) in [6.07, 6.45) is 2.74. The molecule has 0 aliphatic carbocycles. The summed E-state index contributed by atoms with van der Waals surface area (Å²) in [5.41, 5.74) is 17.7. The first kappa shape index (κ1) is 27.6. The number of rotatable bonds is 6. The molecule has 0 aromatic carbocycles. The van der Waals surface area contributed by atoms with E-state index >= 15 is 0 Å². The van der Waals surface area contributed by atoms with E-state index in [1.807, 2.05) is 6.92 Å². The van der Waals surface area contributed by atoms with Gasteiger partial charge in [-0.25, -0.2) is 9.97 Å². The van der Waals surface area contributed by atoms with E-state index in [1.54, 1.807) is 0 Å². The van der Waals surface area contributed by atoms with Crippen molar-refractivity contribution in [3.05, 3.63) is 69.3 Å². The molecule has 2 N–H and O–H groups in total. The van der Waals surface area contributed by atoms with E-state index in [4.69, 9.17) is 14.7 Å². The van der Waals surface area contributed by atoms with Crippen LogP contribution in [-0.4, -0.2) is 32.5 Å². The van der Waals surface area contributed by atoms with Crippen LogP contribution in [0.1, 0.15) is 98.9 Å². The van der Waals surface area contributed by atoms with Gasteiger partial charge >= 0.3 is 5.97 Å². The first-order chi connectivity index (χ1) is 19.2. The molecule has 6 heteroatoms. The number of esters is 1. The molecule has 0 amide bonds. The number of aromatic amines is 2. The molecule has 0 unspecified atom stereocenters. The topological polar surface area (TPSA) is 83.7 Å². The summed E-state index contributed by atoms with van der Waals surface area (Å²) in [5, 5.41) is 0. The lowest BCUT2D eigenvalue weighted by atomic mass is 10.0.